The van der Waals surface area contributed by atoms with E-state index in [0.29, 0.717) is 6.54 Å². The average molecular weight is 492 g/mol. The van der Waals surface area contributed by atoms with Crippen molar-refractivity contribution in [3.05, 3.63) is 100 Å². The first kappa shape index (κ1) is 22.3. The summed E-state index contributed by atoms with van der Waals surface area (Å²) in [5.41, 5.74) is 2.81. The molecule has 5 heteroatoms. The number of benzene rings is 3. The Balaban J connectivity index is 1.81. The third kappa shape index (κ3) is 4.63. The van der Waals surface area contributed by atoms with Crippen molar-refractivity contribution in [3.8, 4) is 0 Å². The summed E-state index contributed by atoms with van der Waals surface area (Å²) in [7, 11) is 0. The molecule has 0 radical (unpaired) electrons. The highest BCUT2D eigenvalue weighted by Crippen LogP contribution is 2.47. The van der Waals surface area contributed by atoms with Gasteiger partial charge in [0.25, 0.3) is 0 Å². The van der Waals surface area contributed by atoms with Gasteiger partial charge in [-0.25, -0.2) is 0 Å². The normalized spacial score (nSPS) is 16.6. The third-order valence-electron chi connectivity index (χ3n) is 5.48. The van der Waals surface area contributed by atoms with Crippen LogP contribution in [0.15, 0.2) is 83.3 Å². The number of anilines is 1. The Morgan fingerprint density at radius 1 is 1.00 bits per heavy atom. The van der Waals surface area contributed by atoms with Gasteiger partial charge in [-0.3, -0.25) is 9.59 Å². The van der Waals surface area contributed by atoms with Crippen molar-refractivity contribution in [1.82, 2.24) is 0 Å². The lowest BCUT2D eigenvalue weighted by Crippen LogP contribution is -2.35. The second-order valence-corrected chi connectivity index (χ2v) is 9.93. The molecule has 2 atom stereocenters. The molecule has 0 saturated carbocycles. The fraction of sp³-hybridized carbons (Fsp3) is 0.259. The van der Waals surface area contributed by atoms with Crippen LogP contribution < -0.4 is 4.90 Å². The van der Waals surface area contributed by atoms with Gasteiger partial charge in [-0.15, -0.1) is 0 Å². The Morgan fingerprint density at radius 2 is 1.62 bits per heavy atom. The summed E-state index contributed by atoms with van der Waals surface area (Å²) in [4.78, 5) is 29.1. The van der Waals surface area contributed by atoms with Gasteiger partial charge in [0.15, 0.2) is 0 Å². The van der Waals surface area contributed by atoms with Crippen LogP contribution in [0.2, 0.25) is 0 Å². The standard InChI is InChI=1S/C27H26BrNO3/c1-27(2,3)32-26(31)23(19-12-8-5-9-13-19)24-21-16-20(28)14-15-22(21)29(25(24)30)17-18-10-6-4-7-11-18/h4-16,23-24H,17H2,1-3H3. The molecule has 4 nitrogen and oxygen atoms in total. The van der Waals surface area contributed by atoms with Gasteiger partial charge in [-0.2, -0.15) is 0 Å². The number of carbonyl (C=O) groups is 2. The van der Waals surface area contributed by atoms with E-state index in [4.69, 9.17) is 4.74 Å². The van der Waals surface area contributed by atoms with E-state index in [1.807, 2.05) is 99.6 Å². The van der Waals surface area contributed by atoms with Gasteiger partial charge in [0.05, 0.1) is 18.4 Å². The molecule has 0 saturated heterocycles. The smallest absolute Gasteiger partial charge is 0.315 e. The Hall–Kier alpha value is -2.92. The summed E-state index contributed by atoms with van der Waals surface area (Å²) in [5, 5.41) is 0. The quantitative estimate of drug-likeness (QED) is 0.398. The Labute approximate surface area is 197 Å². The lowest BCUT2D eigenvalue weighted by atomic mass is 9.82. The first-order valence-corrected chi connectivity index (χ1v) is 11.5. The minimum atomic E-state index is -0.739. The number of ether oxygens (including phenoxy) is 1. The lowest BCUT2D eigenvalue weighted by molar-refractivity contribution is -0.158. The molecule has 2 unspecified atom stereocenters. The molecule has 1 heterocycles. The number of rotatable bonds is 5. The van der Waals surface area contributed by atoms with Crippen LogP contribution in [0, 0.1) is 0 Å². The van der Waals surface area contributed by atoms with E-state index in [1.165, 1.54) is 0 Å². The SMILES string of the molecule is CC(C)(C)OC(=O)C(c1ccccc1)C1C(=O)N(Cc2ccccc2)c2ccc(Br)cc21. The number of halogens is 1. The van der Waals surface area contributed by atoms with Gasteiger partial charge < -0.3 is 9.64 Å². The van der Waals surface area contributed by atoms with E-state index < -0.39 is 23.4 Å². The van der Waals surface area contributed by atoms with Crippen LogP contribution >= 0.6 is 15.9 Å². The zero-order valence-corrected chi connectivity index (χ0v) is 20.0. The van der Waals surface area contributed by atoms with Crippen LogP contribution in [0.5, 0.6) is 0 Å². The van der Waals surface area contributed by atoms with Crippen LogP contribution in [0.25, 0.3) is 0 Å². The number of carbonyl (C=O) groups excluding carboxylic acids is 2. The zero-order valence-electron chi connectivity index (χ0n) is 18.4. The second kappa shape index (κ2) is 8.91. The number of amides is 1. The van der Waals surface area contributed by atoms with Crippen LogP contribution in [0.1, 0.15) is 49.3 Å². The zero-order chi connectivity index (χ0) is 22.9. The van der Waals surface area contributed by atoms with Crippen molar-refractivity contribution in [3.63, 3.8) is 0 Å². The molecule has 1 amide bonds. The van der Waals surface area contributed by atoms with Crippen molar-refractivity contribution >= 4 is 33.5 Å². The van der Waals surface area contributed by atoms with E-state index in [0.717, 1.165) is 26.9 Å². The molecule has 1 aliphatic heterocycles. The third-order valence-corrected chi connectivity index (χ3v) is 5.98. The molecule has 0 aromatic heterocycles. The Kier molecular flexibility index (Phi) is 6.20. The molecule has 0 bridgehead atoms. The second-order valence-electron chi connectivity index (χ2n) is 9.01. The number of hydrogen-bond donors (Lipinski definition) is 0. The van der Waals surface area contributed by atoms with Crippen molar-refractivity contribution < 1.29 is 14.3 Å². The number of esters is 1. The molecule has 164 valence electrons. The highest BCUT2D eigenvalue weighted by Gasteiger charge is 2.46. The van der Waals surface area contributed by atoms with Gasteiger partial charge in [-0.05, 0) is 55.7 Å². The predicted molar refractivity (Wildman–Crippen MR) is 130 cm³/mol. The highest BCUT2D eigenvalue weighted by molar-refractivity contribution is 9.10. The van der Waals surface area contributed by atoms with Gasteiger partial charge in [0.2, 0.25) is 5.91 Å². The van der Waals surface area contributed by atoms with Crippen molar-refractivity contribution in [2.75, 3.05) is 4.90 Å². The minimum Gasteiger partial charge on any atom is -0.459 e. The maximum atomic E-state index is 13.9. The van der Waals surface area contributed by atoms with Gasteiger partial charge in [0, 0.05) is 10.2 Å². The lowest BCUT2D eigenvalue weighted by Gasteiger charge is -2.27. The van der Waals surface area contributed by atoms with Crippen molar-refractivity contribution in [2.24, 2.45) is 0 Å². The van der Waals surface area contributed by atoms with Crippen LogP contribution in [-0.4, -0.2) is 17.5 Å². The van der Waals surface area contributed by atoms with Gasteiger partial charge in [-0.1, -0.05) is 76.6 Å². The largest absolute Gasteiger partial charge is 0.459 e. The van der Waals surface area contributed by atoms with Crippen molar-refractivity contribution in [1.29, 1.82) is 0 Å². The molecule has 1 aliphatic rings. The van der Waals surface area contributed by atoms with Crippen LogP contribution in [0.3, 0.4) is 0 Å². The van der Waals surface area contributed by atoms with E-state index in [9.17, 15) is 9.59 Å². The molecule has 0 N–H and O–H groups in total. The summed E-state index contributed by atoms with van der Waals surface area (Å²) in [6, 6.07) is 25.1. The molecule has 0 aliphatic carbocycles. The van der Waals surface area contributed by atoms with E-state index >= 15 is 0 Å². The fourth-order valence-electron chi connectivity index (χ4n) is 4.18. The summed E-state index contributed by atoms with van der Waals surface area (Å²) >= 11 is 3.54. The Morgan fingerprint density at radius 3 is 2.25 bits per heavy atom. The van der Waals surface area contributed by atoms with Crippen LogP contribution in [-0.2, 0) is 20.9 Å². The van der Waals surface area contributed by atoms with Gasteiger partial charge >= 0.3 is 5.97 Å². The van der Waals surface area contributed by atoms with Crippen LogP contribution in [0.4, 0.5) is 5.69 Å². The average Bonchev–Trinajstić information content (AvgIpc) is 3.00. The van der Waals surface area contributed by atoms with E-state index in [2.05, 4.69) is 15.9 Å². The number of hydrogen-bond acceptors (Lipinski definition) is 3. The fourth-order valence-corrected chi connectivity index (χ4v) is 4.56. The number of nitrogens with zero attached hydrogens (tertiary/aromatic N) is 1. The summed E-state index contributed by atoms with van der Waals surface area (Å²) in [6.45, 7) is 5.97. The summed E-state index contributed by atoms with van der Waals surface area (Å²) in [6.07, 6.45) is 0. The molecule has 4 rings (SSSR count). The Bertz CT molecular complexity index is 1120. The molecular weight excluding hydrogens is 466 g/mol. The molecule has 0 spiro atoms. The number of fused-ring (bicyclic) bond motifs is 1. The predicted octanol–water partition coefficient (Wildman–Crippen LogP) is 6.21. The summed E-state index contributed by atoms with van der Waals surface area (Å²) in [5.74, 6) is -1.89. The topological polar surface area (TPSA) is 46.6 Å². The maximum Gasteiger partial charge on any atom is 0.315 e. The van der Waals surface area contributed by atoms with Gasteiger partial charge in [0.1, 0.15) is 5.60 Å². The minimum absolute atomic E-state index is 0.0957. The summed E-state index contributed by atoms with van der Waals surface area (Å²) < 4.78 is 6.66. The maximum absolute atomic E-state index is 13.9. The molecule has 3 aromatic carbocycles. The van der Waals surface area contributed by atoms with Crippen molar-refractivity contribution in [2.45, 2.75) is 44.8 Å². The van der Waals surface area contributed by atoms with E-state index in [1.54, 1.807) is 4.90 Å². The molecule has 32 heavy (non-hydrogen) atoms. The molecule has 3 aromatic rings. The first-order chi connectivity index (χ1) is 15.2. The molecule has 0 fully saturated rings. The molecular formula is C27H26BrNO3. The monoisotopic (exact) mass is 491 g/mol. The highest BCUT2D eigenvalue weighted by atomic mass is 79.9. The van der Waals surface area contributed by atoms with E-state index in [-0.39, 0.29) is 5.91 Å². The first-order valence-electron chi connectivity index (χ1n) is 10.7.